The summed E-state index contributed by atoms with van der Waals surface area (Å²) < 4.78 is 105. The number of carboxylic acids is 1. The van der Waals surface area contributed by atoms with E-state index in [4.69, 9.17) is 37.5 Å². The van der Waals surface area contributed by atoms with E-state index in [0.717, 1.165) is 0 Å². The molecule has 3 heterocycles. The Kier molecular flexibility index (Phi) is 14.2. The van der Waals surface area contributed by atoms with Gasteiger partial charge < -0.3 is 48.8 Å². The van der Waals surface area contributed by atoms with Gasteiger partial charge in [0.2, 0.25) is 0 Å². The number of hydrogen-bond acceptors (Lipinski definition) is 17. The average Bonchev–Trinajstić information content (AvgIpc) is 3.23. The summed E-state index contributed by atoms with van der Waals surface area (Å²) in [5.74, 6) is -1.87. The highest BCUT2D eigenvalue weighted by atomic mass is 32.3. The average molecular weight is 717 g/mol. The van der Waals surface area contributed by atoms with Gasteiger partial charge in [0.25, 0.3) is 0 Å². The molecule has 3 saturated heterocycles. The van der Waals surface area contributed by atoms with Crippen molar-refractivity contribution in [1.29, 1.82) is 0 Å². The Hall–Kier alpha value is -0.800. The molecule has 3 aliphatic rings. The fourth-order valence-corrected chi connectivity index (χ4v) is 6.18. The summed E-state index contributed by atoms with van der Waals surface area (Å²) in [4.78, 5) is 12.2. The summed E-state index contributed by atoms with van der Waals surface area (Å²) in [6, 6.07) is 0. The molecular weight excluding hydrogens is 676 g/mol. The molecule has 3 aliphatic heterocycles. The molecule has 45 heavy (non-hydrogen) atoms. The third-order valence-corrected chi connectivity index (χ3v) is 8.78. The van der Waals surface area contributed by atoms with Crippen molar-refractivity contribution in [3.8, 4) is 0 Å². The van der Waals surface area contributed by atoms with E-state index >= 15 is 0 Å². The Morgan fingerprint density at radius 1 is 0.844 bits per heavy atom. The lowest BCUT2D eigenvalue weighted by Crippen LogP contribution is -2.60. The molecule has 0 aromatic rings. The number of aliphatic carboxylic acids is 1. The predicted molar refractivity (Wildman–Crippen MR) is 149 cm³/mol. The molecule has 5 unspecified atom stereocenters. The fraction of sp³-hybridized carbons (Fsp3) is 0.957. The summed E-state index contributed by atoms with van der Waals surface area (Å²) in [6.45, 7) is -0.0798. The first kappa shape index (κ1) is 38.6. The standard InChI is InChI=1S/C23H40O19S3/c1-10-16(25)18(35-2)14(8-36-44(29,30)31)40-22(10)39-13-7-11(24)23(42-20(13)21(27)28)41-19-15(9-37-45(32,33)34)38-12(17(19)26)5-3-4-6-43/h10-20,22-26,43H,3-9H2,1-2H3,(H,27,28)(H,29,30,31)(H,32,33,34)/t10?,11?,12-,13-,14?,15+,16+,17+,18+,19?,20?,22+,23+/m0/s1. The summed E-state index contributed by atoms with van der Waals surface area (Å²) in [7, 11) is -8.56. The number of aliphatic hydroxyl groups excluding tert-OH is 3. The molecule has 0 spiro atoms. The van der Waals surface area contributed by atoms with Crippen LogP contribution in [0.25, 0.3) is 0 Å². The Morgan fingerprint density at radius 2 is 1.44 bits per heavy atom. The Morgan fingerprint density at radius 3 is 1.98 bits per heavy atom. The minimum absolute atomic E-state index is 0.317. The number of aliphatic hydroxyl groups is 3. The number of carbonyl (C=O) groups is 1. The first-order chi connectivity index (χ1) is 21.0. The van der Waals surface area contributed by atoms with Crippen LogP contribution in [-0.4, -0.2) is 152 Å². The highest BCUT2D eigenvalue weighted by Crippen LogP contribution is 2.35. The largest absolute Gasteiger partial charge is 0.479 e. The van der Waals surface area contributed by atoms with Gasteiger partial charge in [0.15, 0.2) is 18.7 Å². The molecule has 13 atom stereocenters. The molecule has 264 valence electrons. The number of thiol groups is 1. The fourth-order valence-electron chi connectivity index (χ4n) is 5.34. The second-order valence-electron chi connectivity index (χ2n) is 10.8. The van der Waals surface area contributed by atoms with Crippen LogP contribution in [0.4, 0.5) is 0 Å². The van der Waals surface area contributed by atoms with Crippen LogP contribution in [0, 0.1) is 5.92 Å². The molecule has 0 aromatic heterocycles. The molecule has 19 nitrogen and oxygen atoms in total. The number of unbranched alkanes of at least 4 members (excludes halogenated alkanes) is 1. The van der Waals surface area contributed by atoms with Crippen molar-refractivity contribution in [2.75, 3.05) is 26.1 Å². The van der Waals surface area contributed by atoms with Gasteiger partial charge in [0.05, 0.1) is 25.4 Å². The van der Waals surface area contributed by atoms with Crippen LogP contribution >= 0.6 is 12.6 Å². The third kappa shape index (κ3) is 10.9. The van der Waals surface area contributed by atoms with Crippen molar-refractivity contribution in [3.63, 3.8) is 0 Å². The molecular formula is C23H40O19S3. The van der Waals surface area contributed by atoms with E-state index < -0.39 is 126 Å². The number of hydrogen-bond donors (Lipinski definition) is 7. The van der Waals surface area contributed by atoms with E-state index in [2.05, 4.69) is 21.0 Å². The quantitative estimate of drug-likeness (QED) is 0.0513. The molecule has 0 bridgehead atoms. The smallest absolute Gasteiger partial charge is 0.397 e. The number of ether oxygens (including phenoxy) is 6. The maximum absolute atomic E-state index is 12.2. The van der Waals surface area contributed by atoms with Crippen LogP contribution in [-0.2, 0) is 62.4 Å². The van der Waals surface area contributed by atoms with E-state index in [1.165, 1.54) is 14.0 Å². The number of rotatable bonds is 16. The van der Waals surface area contributed by atoms with E-state index in [1.54, 1.807) is 0 Å². The number of carboxylic acid groups (broad SMARTS) is 1. The van der Waals surface area contributed by atoms with E-state index in [1.807, 2.05) is 0 Å². The summed E-state index contributed by atoms with van der Waals surface area (Å²) >= 11 is 4.13. The van der Waals surface area contributed by atoms with Gasteiger partial charge in [-0.3, -0.25) is 9.11 Å². The maximum Gasteiger partial charge on any atom is 0.397 e. The molecule has 3 fully saturated rings. The van der Waals surface area contributed by atoms with Crippen LogP contribution in [0.1, 0.15) is 32.6 Å². The third-order valence-electron chi connectivity index (χ3n) is 7.59. The van der Waals surface area contributed by atoms with Crippen molar-refractivity contribution in [1.82, 2.24) is 0 Å². The molecule has 0 aromatic carbocycles. The van der Waals surface area contributed by atoms with Crippen molar-refractivity contribution in [3.05, 3.63) is 0 Å². The van der Waals surface area contributed by atoms with E-state index in [0.29, 0.717) is 25.0 Å². The molecule has 0 amide bonds. The highest BCUT2D eigenvalue weighted by molar-refractivity contribution is 7.81. The molecule has 0 aliphatic carbocycles. The van der Waals surface area contributed by atoms with Crippen molar-refractivity contribution in [2.24, 2.45) is 5.92 Å². The normalized spacial score (nSPS) is 39.6. The van der Waals surface area contributed by atoms with Crippen LogP contribution < -0.4 is 0 Å². The molecule has 6 N–H and O–H groups in total. The zero-order chi connectivity index (χ0) is 33.7. The molecule has 0 saturated carbocycles. The lowest BCUT2D eigenvalue weighted by atomic mass is 9.92. The van der Waals surface area contributed by atoms with Gasteiger partial charge in [-0.05, 0) is 25.0 Å². The summed E-state index contributed by atoms with van der Waals surface area (Å²) in [5, 5.41) is 42.4. The predicted octanol–water partition coefficient (Wildman–Crippen LogP) is -2.08. The first-order valence-corrected chi connectivity index (χ1v) is 17.2. The van der Waals surface area contributed by atoms with Gasteiger partial charge in [0, 0.05) is 19.4 Å². The van der Waals surface area contributed by atoms with Crippen LogP contribution in [0.3, 0.4) is 0 Å². The monoisotopic (exact) mass is 716 g/mol. The second-order valence-corrected chi connectivity index (χ2v) is 13.4. The van der Waals surface area contributed by atoms with Gasteiger partial charge in [-0.1, -0.05) is 6.92 Å². The first-order valence-electron chi connectivity index (χ1n) is 13.9. The Bertz CT molecular complexity index is 1170. The SMILES string of the molecule is CO[C@@H]1C(COS(=O)(=O)O)O[C@@H](O[C@H]2CC(O)[C@H](OC3[C@@H](COS(=O)(=O)O)O[C@@H](CCCCS)[C@H]3O)OC2C(=O)O)C(C)[C@H]1O. The zero-order valence-electron chi connectivity index (χ0n) is 24.2. The van der Waals surface area contributed by atoms with Crippen molar-refractivity contribution in [2.45, 2.75) is 106 Å². The summed E-state index contributed by atoms with van der Waals surface area (Å²) in [6.07, 6.45) is -15.4. The highest BCUT2D eigenvalue weighted by Gasteiger charge is 2.52. The molecule has 22 heteroatoms. The van der Waals surface area contributed by atoms with Gasteiger partial charge in [-0.25, -0.2) is 13.2 Å². The van der Waals surface area contributed by atoms with Crippen LogP contribution in [0.5, 0.6) is 0 Å². The maximum atomic E-state index is 12.2. The van der Waals surface area contributed by atoms with Gasteiger partial charge >= 0.3 is 26.8 Å². The van der Waals surface area contributed by atoms with Crippen LogP contribution in [0.15, 0.2) is 0 Å². The van der Waals surface area contributed by atoms with Gasteiger partial charge in [-0.15, -0.1) is 0 Å². The zero-order valence-corrected chi connectivity index (χ0v) is 26.7. The van der Waals surface area contributed by atoms with Crippen molar-refractivity contribution >= 4 is 39.4 Å². The van der Waals surface area contributed by atoms with Crippen LogP contribution in [0.2, 0.25) is 0 Å². The van der Waals surface area contributed by atoms with Gasteiger partial charge in [-0.2, -0.15) is 29.5 Å². The van der Waals surface area contributed by atoms with E-state index in [9.17, 15) is 42.1 Å². The lowest BCUT2D eigenvalue weighted by molar-refractivity contribution is -0.334. The minimum atomic E-state index is -4.89. The number of methoxy groups -OCH3 is 1. The Labute approximate surface area is 265 Å². The van der Waals surface area contributed by atoms with E-state index in [-0.39, 0.29) is 0 Å². The van der Waals surface area contributed by atoms with Gasteiger partial charge in [0.1, 0.15) is 42.7 Å². The molecule has 0 radical (unpaired) electrons. The topological polar surface area (TPSA) is 281 Å². The lowest BCUT2D eigenvalue weighted by Gasteiger charge is -2.45. The summed E-state index contributed by atoms with van der Waals surface area (Å²) in [5.41, 5.74) is 0. The Balaban J connectivity index is 1.73. The minimum Gasteiger partial charge on any atom is -0.479 e. The van der Waals surface area contributed by atoms with Crippen molar-refractivity contribution < 1.29 is 87.9 Å². The second kappa shape index (κ2) is 16.5. The molecule has 3 rings (SSSR count).